The maximum atomic E-state index is 13.9. The van der Waals surface area contributed by atoms with E-state index in [0.29, 0.717) is 30.1 Å². The number of furan rings is 1. The number of carbonyl (C=O) groups excluding carboxylic acids is 2. The Bertz CT molecular complexity index is 1080. The van der Waals surface area contributed by atoms with Crippen molar-refractivity contribution in [2.24, 2.45) is 0 Å². The Morgan fingerprint density at radius 2 is 2.00 bits per heavy atom. The molecule has 1 aromatic heterocycles. The number of nitrogens with zero attached hydrogens (tertiary/aromatic N) is 1. The zero-order valence-electron chi connectivity index (χ0n) is 15.8. The highest BCUT2D eigenvalue weighted by Crippen LogP contribution is 2.34. The Hall–Kier alpha value is -3.61. The molecule has 7 heteroatoms. The molecule has 2 heterocycles. The van der Waals surface area contributed by atoms with Crippen molar-refractivity contribution >= 4 is 23.2 Å². The zero-order chi connectivity index (χ0) is 20.4. The van der Waals surface area contributed by atoms with Gasteiger partial charge in [0, 0.05) is 24.7 Å². The fourth-order valence-electron chi connectivity index (χ4n) is 3.34. The minimum atomic E-state index is -0.473. The number of anilines is 2. The first-order valence-corrected chi connectivity index (χ1v) is 9.21. The molecule has 0 radical (unpaired) electrons. The van der Waals surface area contributed by atoms with Crippen molar-refractivity contribution in [1.82, 2.24) is 0 Å². The number of methoxy groups -OCH3 is 1. The number of ether oxygens (including phenoxy) is 1. The van der Waals surface area contributed by atoms with E-state index in [9.17, 15) is 14.0 Å². The quantitative estimate of drug-likeness (QED) is 0.693. The third kappa shape index (κ3) is 3.71. The van der Waals surface area contributed by atoms with Gasteiger partial charge in [0.25, 0.3) is 5.91 Å². The van der Waals surface area contributed by atoms with Gasteiger partial charge in [-0.1, -0.05) is 12.1 Å². The summed E-state index contributed by atoms with van der Waals surface area (Å²) in [6.07, 6.45) is 1.33. The van der Waals surface area contributed by atoms with Crippen LogP contribution in [0.1, 0.15) is 23.4 Å². The van der Waals surface area contributed by atoms with Gasteiger partial charge in [0.15, 0.2) is 5.76 Å². The fraction of sp³-hybridized carbons (Fsp3) is 0.182. The minimum absolute atomic E-state index is 0.0522. The van der Waals surface area contributed by atoms with Crippen LogP contribution in [0.5, 0.6) is 5.75 Å². The van der Waals surface area contributed by atoms with Gasteiger partial charge >= 0.3 is 0 Å². The second-order valence-electron chi connectivity index (χ2n) is 6.63. The van der Waals surface area contributed by atoms with E-state index in [2.05, 4.69) is 5.32 Å². The van der Waals surface area contributed by atoms with Gasteiger partial charge in [0.2, 0.25) is 5.91 Å². The number of hydrogen-bond acceptors (Lipinski definition) is 4. The van der Waals surface area contributed by atoms with Gasteiger partial charge in [0.05, 0.1) is 18.4 Å². The van der Waals surface area contributed by atoms with Gasteiger partial charge in [-0.3, -0.25) is 9.59 Å². The highest BCUT2D eigenvalue weighted by molar-refractivity contribution is 6.03. The van der Waals surface area contributed by atoms with Crippen LogP contribution in [0.4, 0.5) is 15.8 Å². The Balaban J connectivity index is 1.53. The molecule has 1 saturated heterocycles. The summed E-state index contributed by atoms with van der Waals surface area (Å²) in [6.45, 7) is 0.645. The lowest BCUT2D eigenvalue weighted by Gasteiger charge is -2.19. The first kappa shape index (κ1) is 18.7. The molecular weight excluding hydrogens is 375 g/mol. The second kappa shape index (κ2) is 7.79. The molecule has 0 saturated carbocycles. The van der Waals surface area contributed by atoms with Crippen molar-refractivity contribution in [1.29, 1.82) is 0 Å². The summed E-state index contributed by atoms with van der Waals surface area (Å²) >= 11 is 0. The lowest BCUT2D eigenvalue weighted by molar-refractivity contribution is -0.117. The standard InChI is InChI=1S/C22H19FN2O4/c1-28-20-13-14(8-9-17(20)25-12-4-7-21(25)26)24-22(27)19-11-10-18(29-19)15-5-2-3-6-16(15)23/h2-3,5-6,8-11,13H,4,7,12H2,1H3,(H,24,27). The summed E-state index contributed by atoms with van der Waals surface area (Å²) in [6, 6.07) is 14.3. The highest BCUT2D eigenvalue weighted by atomic mass is 19.1. The van der Waals surface area contributed by atoms with E-state index in [-0.39, 0.29) is 23.0 Å². The molecule has 4 rings (SSSR count). The summed E-state index contributed by atoms with van der Waals surface area (Å²) in [5, 5.41) is 2.73. The molecule has 1 fully saturated rings. The summed E-state index contributed by atoms with van der Waals surface area (Å²) in [4.78, 5) is 26.2. The van der Waals surface area contributed by atoms with Crippen LogP contribution in [0.2, 0.25) is 0 Å². The topological polar surface area (TPSA) is 71.8 Å². The van der Waals surface area contributed by atoms with Crippen LogP contribution in [0.25, 0.3) is 11.3 Å². The molecule has 148 valence electrons. The van der Waals surface area contributed by atoms with E-state index in [4.69, 9.17) is 9.15 Å². The van der Waals surface area contributed by atoms with Crippen molar-refractivity contribution in [3.63, 3.8) is 0 Å². The van der Waals surface area contributed by atoms with Crippen molar-refractivity contribution in [2.75, 3.05) is 23.9 Å². The number of amides is 2. The van der Waals surface area contributed by atoms with Gasteiger partial charge in [0.1, 0.15) is 17.3 Å². The predicted molar refractivity (Wildman–Crippen MR) is 107 cm³/mol. The summed E-state index contributed by atoms with van der Waals surface area (Å²) in [7, 11) is 1.51. The third-order valence-electron chi connectivity index (χ3n) is 4.77. The molecule has 6 nitrogen and oxygen atoms in total. The van der Waals surface area contributed by atoms with Crippen LogP contribution < -0.4 is 15.0 Å². The van der Waals surface area contributed by atoms with Gasteiger partial charge < -0.3 is 19.4 Å². The maximum absolute atomic E-state index is 13.9. The molecule has 0 bridgehead atoms. The Labute approximate surface area is 166 Å². The molecular formula is C22H19FN2O4. The van der Waals surface area contributed by atoms with E-state index in [1.807, 2.05) is 0 Å². The fourth-order valence-corrected chi connectivity index (χ4v) is 3.34. The largest absolute Gasteiger partial charge is 0.494 e. The van der Waals surface area contributed by atoms with Crippen molar-refractivity contribution in [2.45, 2.75) is 12.8 Å². The molecule has 0 spiro atoms. The number of benzene rings is 2. The predicted octanol–water partition coefficient (Wildman–Crippen LogP) is 4.47. The van der Waals surface area contributed by atoms with Crippen molar-refractivity contribution in [3.05, 3.63) is 66.2 Å². The smallest absolute Gasteiger partial charge is 0.291 e. The second-order valence-corrected chi connectivity index (χ2v) is 6.63. The Morgan fingerprint density at radius 3 is 2.72 bits per heavy atom. The van der Waals surface area contributed by atoms with E-state index < -0.39 is 11.7 Å². The van der Waals surface area contributed by atoms with Crippen molar-refractivity contribution < 1.29 is 23.1 Å². The minimum Gasteiger partial charge on any atom is -0.494 e. The Morgan fingerprint density at radius 1 is 1.17 bits per heavy atom. The molecule has 1 aliphatic heterocycles. The molecule has 1 N–H and O–H groups in total. The molecule has 2 amide bonds. The number of nitrogens with one attached hydrogen (secondary N) is 1. The number of hydrogen-bond donors (Lipinski definition) is 1. The average Bonchev–Trinajstić information content (AvgIpc) is 3.37. The van der Waals surface area contributed by atoms with Crippen LogP contribution in [0.15, 0.2) is 59.0 Å². The maximum Gasteiger partial charge on any atom is 0.291 e. The third-order valence-corrected chi connectivity index (χ3v) is 4.77. The number of halogens is 1. The molecule has 1 aliphatic rings. The molecule has 29 heavy (non-hydrogen) atoms. The highest BCUT2D eigenvalue weighted by Gasteiger charge is 2.25. The first-order chi connectivity index (χ1) is 14.1. The Kier molecular flexibility index (Phi) is 5.03. The molecule has 0 unspecified atom stereocenters. The lowest BCUT2D eigenvalue weighted by Crippen LogP contribution is -2.24. The van der Waals surface area contributed by atoms with E-state index in [1.54, 1.807) is 47.4 Å². The van der Waals surface area contributed by atoms with Gasteiger partial charge in [-0.15, -0.1) is 0 Å². The van der Waals surface area contributed by atoms with Gasteiger partial charge in [-0.2, -0.15) is 0 Å². The lowest BCUT2D eigenvalue weighted by atomic mass is 10.1. The summed E-state index contributed by atoms with van der Waals surface area (Å²) < 4.78 is 24.8. The van der Waals surface area contributed by atoms with Crippen LogP contribution in [-0.4, -0.2) is 25.5 Å². The number of rotatable bonds is 5. The van der Waals surface area contributed by atoms with Crippen molar-refractivity contribution in [3.8, 4) is 17.1 Å². The van der Waals surface area contributed by atoms with E-state index in [1.165, 1.54) is 19.2 Å². The first-order valence-electron chi connectivity index (χ1n) is 9.21. The number of carbonyl (C=O) groups is 2. The van der Waals surface area contributed by atoms with E-state index in [0.717, 1.165) is 6.42 Å². The monoisotopic (exact) mass is 394 g/mol. The van der Waals surface area contributed by atoms with E-state index >= 15 is 0 Å². The zero-order valence-corrected chi connectivity index (χ0v) is 15.8. The molecule has 0 aliphatic carbocycles. The molecule has 0 atom stereocenters. The summed E-state index contributed by atoms with van der Waals surface area (Å²) in [5.41, 5.74) is 1.45. The molecule has 2 aromatic carbocycles. The van der Waals surface area contributed by atoms with Crippen LogP contribution in [-0.2, 0) is 4.79 Å². The SMILES string of the molecule is COc1cc(NC(=O)c2ccc(-c3ccccc3F)o2)ccc1N1CCCC1=O. The van der Waals surface area contributed by atoms with Crippen LogP contribution >= 0.6 is 0 Å². The van der Waals surface area contributed by atoms with Crippen LogP contribution in [0.3, 0.4) is 0 Å². The van der Waals surface area contributed by atoms with Gasteiger partial charge in [-0.25, -0.2) is 4.39 Å². The molecule has 3 aromatic rings. The van der Waals surface area contributed by atoms with Crippen LogP contribution in [0, 0.1) is 5.82 Å². The normalized spacial score (nSPS) is 13.6. The summed E-state index contributed by atoms with van der Waals surface area (Å²) in [5.74, 6) is -0.0270. The van der Waals surface area contributed by atoms with Gasteiger partial charge in [-0.05, 0) is 42.8 Å². The average molecular weight is 394 g/mol.